The van der Waals surface area contributed by atoms with Crippen LogP contribution in [0.5, 0.6) is 0 Å². The fourth-order valence-electron chi connectivity index (χ4n) is 3.89. The van der Waals surface area contributed by atoms with Gasteiger partial charge in [0.1, 0.15) is 18.1 Å². The molecule has 15 heteroatoms. The maximum atomic E-state index is 13.3. The van der Waals surface area contributed by atoms with Crippen LogP contribution in [0.2, 0.25) is 0 Å². The summed E-state index contributed by atoms with van der Waals surface area (Å²) in [5, 5.41) is 26.6. The van der Waals surface area contributed by atoms with Crippen molar-refractivity contribution in [2.24, 2.45) is 11.5 Å². The van der Waals surface area contributed by atoms with Gasteiger partial charge in [-0.05, 0) is 36.5 Å². The number of carboxylic acids is 2. The molecule has 1 aromatic heterocycles. The summed E-state index contributed by atoms with van der Waals surface area (Å²) in [6.07, 6.45) is 2.29. The van der Waals surface area contributed by atoms with Gasteiger partial charge in [-0.3, -0.25) is 24.0 Å². The monoisotopic (exact) mass is 578 g/mol. The van der Waals surface area contributed by atoms with Crippen LogP contribution >= 0.6 is 11.8 Å². The van der Waals surface area contributed by atoms with Gasteiger partial charge in [0.2, 0.25) is 23.6 Å². The number of carboxylic acid groups (broad SMARTS) is 2. The molecule has 40 heavy (non-hydrogen) atoms. The Morgan fingerprint density at radius 3 is 2.17 bits per heavy atom. The Bertz CT molecular complexity index is 1230. The molecule has 10 N–H and O–H groups in total. The summed E-state index contributed by atoms with van der Waals surface area (Å²) in [5.74, 6) is -5.36. The zero-order valence-corrected chi connectivity index (χ0v) is 22.7. The van der Waals surface area contributed by atoms with Crippen LogP contribution in [-0.2, 0) is 35.2 Å². The third-order valence-electron chi connectivity index (χ3n) is 5.99. The topological polar surface area (TPSA) is 247 Å². The Hall–Kier alpha value is -4.11. The number of H-pyrrole nitrogens is 1. The van der Waals surface area contributed by atoms with Gasteiger partial charge < -0.3 is 42.6 Å². The van der Waals surface area contributed by atoms with Gasteiger partial charge in [-0.1, -0.05) is 18.2 Å². The number of fused-ring (bicyclic) bond motifs is 1. The minimum absolute atomic E-state index is 0.0444. The van der Waals surface area contributed by atoms with Crippen molar-refractivity contribution in [3.8, 4) is 0 Å². The molecule has 0 fully saturated rings. The van der Waals surface area contributed by atoms with Crippen LogP contribution in [-0.4, -0.2) is 86.9 Å². The van der Waals surface area contributed by atoms with Crippen LogP contribution in [0.25, 0.3) is 10.9 Å². The number of aromatic amines is 1. The van der Waals surface area contributed by atoms with Gasteiger partial charge in [-0.2, -0.15) is 11.8 Å². The second-order valence-corrected chi connectivity index (χ2v) is 10.1. The Labute approximate surface area is 234 Å². The van der Waals surface area contributed by atoms with E-state index in [1.165, 1.54) is 11.8 Å². The molecule has 1 heterocycles. The van der Waals surface area contributed by atoms with Crippen molar-refractivity contribution in [3.63, 3.8) is 0 Å². The molecule has 0 radical (unpaired) electrons. The second kappa shape index (κ2) is 15.5. The molecule has 0 spiro atoms. The van der Waals surface area contributed by atoms with Crippen molar-refractivity contribution in [3.05, 3.63) is 36.0 Å². The number of nitrogens with one attached hydrogen (secondary N) is 4. The molecule has 2 rings (SSSR count). The highest BCUT2D eigenvalue weighted by atomic mass is 32.2. The van der Waals surface area contributed by atoms with Crippen LogP contribution in [0.1, 0.15) is 31.2 Å². The summed E-state index contributed by atoms with van der Waals surface area (Å²) in [7, 11) is 0. The van der Waals surface area contributed by atoms with Gasteiger partial charge in [-0.15, -0.1) is 0 Å². The smallest absolute Gasteiger partial charge is 0.326 e. The highest BCUT2D eigenvalue weighted by molar-refractivity contribution is 7.98. The highest BCUT2D eigenvalue weighted by Crippen LogP contribution is 2.19. The first kappa shape index (κ1) is 32.1. The predicted molar refractivity (Wildman–Crippen MR) is 147 cm³/mol. The fraction of sp³-hybridized carbons (Fsp3) is 0.440. The summed E-state index contributed by atoms with van der Waals surface area (Å²) >= 11 is 1.41. The minimum Gasteiger partial charge on any atom is -0.481 e. The van der Waals surface area contributed by atoms with Crippen molar-refractivity contribution >= 4 is 58.2 Å². The SMILES string of the molecule is CSCCC(NC(=O)C(N)CC(N)=O)C(=O)NC(Cc1c[nH]c2ccccc12)C(=O)NC(CCC(=O)O)C(=O)O. The van der Waals surface area contributed by atoms with E-state index >= 15 is 0 Å². The van der Waals surface area contributed by atoms with Crippen molar-refractivity contribution < 1.29 is 39.0 Å². The van der Waals surface area contributed by atoms with E-state index in [2.05, 4.69) is 20.9 Å². The Kier molecular flexibility index (Phi) is 12.4. The number of hydrogen-bond acceptors (Lipinski definition) is 8. The van der Waals surface area contributed by atoms with Gasteiger partial charge in [0.25, 0.3) is 0 Å². The lowest BCUT2D eigenvalue weighted by molar-refractivity contribution is -0.143. The van der Waals surface area contributed by atoms with Gasteiger partial charge in [0.15, 0.2) is 0 Å². The molecule has 2 aromatic rings. The zero-order chi connectivity index (χ0) is 29.8. The number of rotatable bonds is 17. The molecule has 4 atom stereocenters. The first-order chi connectivity index (χ1) is 18.9. The largest absolute Gasteiger partial charge is 0.481 e. The van der Waals surface area contributed by atoms with E-state index in [-0.39, 0.29) is 19.3 Å². The molecular formula is C25H34N6O8S. The number of para-hydroxylation sites is 1. The lowest BCUT2D eigenvalue weighted by Gasteiger charge is -2.25. The number of aromatic nitrogens is 1. The summed E-state index contributed by atoms with van der Waals surface area (Å²) in [4.78, 5) is 75.9. The minimum atomic E-state index is -1.51. The fourth-order valence-corrected chi connectivity index (χ4v) is 4.36. The quantitative estimate of drug-likeness (QED) is 0.114. The van der Waals surface area contributed by atoms with Crippen molar-refractivity contribution in [1.82, 2.24) is 20.9 Å². The second-order valence-electron chi connectivity index (χ2n) is 9.08. The van der Waals surface area contributed by atoms with E-state index in [0.717, 1.165) is 10.9 Å². The first-order valence-electron chi connectivity index (χ1n) is 12.4. The summed E-state index contributed by atoms with van der Waals surface area (Å²) in [5.41, 5.74) is 12.2. The molecule has 1 aromatic carbocycles. The molecule has 0 aliphatic carbocycles. The van der Waals surface area contributed by atoms with E-state index in [1.807, 2.05) is 18.2 Å². The van der Waals surface area contributed by atoms with Gasteiger partial charge in [-0.25, -0.2) is 4.79 Å². The zero-order valence-electron chi connectivity index (χ0n) is 21.8. The molecule has 4 unspecified atom stereocenters. The Balaban J connectivity index is 2.31. The number of hydrogen-bond donors (Lipinski definition) is 8. The number of nitrogens with two attached hydrogens (primary N) is 2. The molecule has 0 saturated heterocycles. The van der Waals surface area contributed by atoms with E-state index < -0.39 is 72.6 Å². The predicted octanol–water partition coefficient (Wildman–Crippen LogP) is -0.930. The summed E-state index contributed by atoms with van der Waals surface area (Å²) in [6, 6.07) is 2.04. The molecule has 0 aliphatic rings. The van der Waals surface area contributed by atoms with Gasteiger partial charge in [0.05, 0.1) is 12.5 Å². The molecule has 0 bridgehead atoms. The molecule has 14 nitrogen and oxygen atoms in total. The van der Waals surface area contributed by atoms with Crippen LogP contribution in [0.15, 0.2) is 30.5 Å². The molecule has 0 aliphatic heterocycles. The van der Waals surface area contributed by atoms with E-state index in [4.69, 9.17) is 16.6 Å². The maximum Gasteiger partial charge on any atom is 0.326 e. The standard InChI is InChI=1S/C25H34N6O8S/c1-40-9-8-17(29-22(35)15(26)11-20(27)32)23(36)31-19(10-13-12-28-16-5-3-2-4-14(13)16)24(37)30-18(25(38)39)6-7-21(33)34/h2-5,12,15,17-19,28H,6-11,26H2,1H3,(H2,27,32)(H,29,35)(H,30,37)(H,31,36)(H,33,34)(H,38,39). The number of carbonyl (C=O) groups is 6. The number of thioether (sulfide) groups is 1. The Morgan fingerprint density at radius 1 is 0.925 bits per heavy atom. The van der Waals surface area contributed by atoms with Crippen LogP contribution in [0.4, 0.5) is 0 Å². The Morgan fingerprint density at radius 2 is 1.55 bits per heavy atom. The van der Waals surface area contributed by atoms with Crippen LogP contribution in [0, 0.1) is 0 Å². The van der Waals surface area contributed by atoms with Crippen molar-refractivity contribution in [2.75, 3.05) is 12.0 Å². The maximum absolute atomic E-state index is 13.3. The number of carbonyl (C=O) groups excluding carboxylic acids is 4. The summed E-state index contributed by atoms with van der Waals surface area (Å²) in [6.45, 7) is 0. The number of amides is 4. The average molecular weight is 579 g/mol. The average Bonchev–Trinajstić information content (AvgIpc) is 3.30. The van der Waals surface area contributed by atoms with Crippen LogP contribution in [0.3, 0.4) is 0 Å². The number of benzene rings is 1. The van der Waals surface area contributed by atoms with Crippen molar-refractivity contribution in [1.29, 1.82) is 0 Å². The third kappa shape index (κ3) is 9.89. The molecule has 4 amide bonds. The lowest BCUT2D eigenvalue weighted by atomic mass is 10.0. The molecule has 218 valence electrons. The van der Waals surface area contributed by atoms with Gasteiger partial charge >= 0.3 is 11.9 Å². The number of primary amides is 1. The first-order valence-corrected chi connectivity index (χ1v) is 13.8. The summed E-state index contributed by atoms with van der Waals surface area (Å²) < 4.78 is 0. The highest BCUT2D eigenvalue weighted by Gasteiger charge is 2.31. The molecular weight excluding hydrogens is 544 g/mol. The normalized spacial score (nSPS) is 13.9. The number of aliphatic carboxylic acids is 2. The van der Waals surface area contributed by atoms with Gasteiger partial charge in [0, 0.05) is 29.9 Å². The van der Waals surface area contributed by atoms with E-state index in [0.29, 0.717) is 11.3 Å². The lowest BCUT2D eigenvalue weighted by Crippen LogP contribution is -2.58. The third-order valence-corrected chi connectivity index (χ3v) is 6.64. The van der Waals surface area contributed by atoms with E-state index in [9.17, 15) is 33.9 Å². The van der Waals surface area contributed by atoms with Crippen LogP contribution < -0.4 is 27.4 Å². The molecule has 0 saturated carbocycles. The van der Waals surface area contributed by atoms with E-state index in [1.54, 1.807) is 18.5 Å². The van der Waals surface area contributed by atoms with Crippen molar-refractivity contribution in [2.45, 2.75) is 56.3 Å².